The van der Waals surface area contributed by atoms with Crippen molar-refractivity contribution in [1.29, 1.82) is 0 Å². The van der Waals surface area contributed by atoms with Crippen LogP contribution in [-0.2, 0) is 44.5 Å². The zero-order valence-electron chi connectivity index (χ0n) is 36.8. The van der Waals surface area contributed by atoms with E-state index in [2.05, 4.69) is 52.2 Å². The molecular formula is C46H79ClN4O6Pt. The quantitative estimate of drug-likeness (QED) is 0.127. The van der Waals surface area contributed by atoms with Crippen molar-refractivity contribution in [2.75, 3.05) is 0 Å². The van der Waals surface area contributed by atoms with Crippen LogP contribution < -0.4 is 22.1 Å². The Morgan fingerprint density at radius 2 is 1.09 bits per heavy atom. The maximum atomic E-state index is 13.1. The molecule has 0 aliphatic heterocycles. The number of benzene rings is 1. The first-order valence-corrected chi connectivity index (χ1v) is 23.9. The Labute approximate surface area is 365 Å². The van der Waals surface area contributed by atoms with E-state index in [9.17, 15) is 19.2 Å². The molecule has 0 spiro atoms. The molecule has 3 aliphatic carbocycles. The van der Waals surface area contributed by atoms with E-state index in [4.69, 9.17) is 18.3 Å². The Bertz CT molecular complexity index is 1400. The second-order valence-corrected chi connectivity index (χ2v) is 18.9. The fourth-order valence-electron chi connectivity index (χ4n) is 9.69. The molecule has 12 heteroatoms. The van der Waals surface area contributed by atoms with Gasteiger partial charge in [0.05, 0.1) is 18.1 Å². The number of ketones is 2. The number of rotatable bonds is 16. The van der Waals surface area contributed by atoms with E-state index >= 15 is 0 Å². The topological polar surface area (TPSA) is 179 Å². The number of carbonyl (C=O) groups excluding carboxylic acids is 4. The fraction of sp³-hybridized carbons (Fsp3) is 0.783. The number of halogens is 1. The van der Waals surface area contributed by atoms with Gasteiger partial charge in [-0.3, -0.25) is 19.2 Å². The first-order chi connectivity index (χ1) is 27.0. The molecule has 0 radical (unpaired) electrons. The van der Waals surface area contributed by atoms with Gasteiger partial charge < -0.3 is 22.1 Å². The fourth-order valence-corrected chi connectivity index (χ4v) is 9.69. The van der Waals surface area contributed by atoms with E-state index in [-0.39, 0.29) is 48.1 Å². The van der Waals surface area contributed by atoms with Crippen molar-refractivity contribution in [2.45, 2.75) is 176 Å². The molecule has 3 saturated carbocycles. The van der Waals surface area contributed by atoms with Crippen LogP contribution in [0.3, 0.4) is 0 Å². The van der Waals surface area contributed by atoms with Crippen molar-refractivity contribution < 1.29 is 44.5 Å². The second kappa shape index (κ2) is 28.5. The van der Waals surface area contributed by atoms with Gasteiger partial charge in [0.25, 0.3) is 0 Å². The molecule has 2 amide bonds. The average Bonchev–Trinajstić information content (AvgIpc) is 3.18. The molecule has 0 bridgehead atoms. The molecule has 10 nitrogen and oxygen atoms in total. The van der Waals surface area contributed by atoms with Gasteiger partial charge in [-0.15, -0.1) is 12.4 Å². The van der Waals surface area contributed by atoms with E-state index in [1.807, 2.05) is 30.3 Å². The standard InChI is InChI=1S/C23H42N2O2.C23H36N2O2.ClH.2O.Pt/c2*1-15(2)19-11-10-16(3)14-20(19)22(26)13-12-21(25-23(27)17(4)24)18-8-6-5-7-9-18;;;;/h15-21H,5-14,24H2,1-4H3,(H,25,27);5-9,15-17,19-21H,10-14,24H2,1-4H3,(H,25,27);1H;;;/t2*16-,17-,19+,20-,21-;;;;/m11..../s1. The number of carbonyl (C=O) groups is 4. The Kier molecular flexibility index (Phi) is 26.6. The Morgan fingerprint density at radius 1 is 0.655 bits per heavy atom. The summed E-state index contributed by atoms with van der Waals surface area (Å²) >= 11 is -1.92. The second-order valence-electron chi connectivity index (χ2n) is 18.5. The summed E-state index contributed by atoms with van der Waals surface area (Å²) in [5.41, 5.74) is 12.5. The van der Waals surface area contributed by atoms with Gasteiger partial charge in [0, 0.05) is 30.7 Å². The predicted molar refractivity (Wildman–Crippen MR) is 230 cm³/mol. The summed E-state index contributed by atoms with van der Waals surface area (Å²) in [5.74, 6) is 4.80. The van der Waals surface area contributed by atoms with Gasteiger partial charge in [-0.2, -0.15) is 0 Å². The number of amides is 2. The molecule has 58 heavy (non-hydrogen) atoms. The van der Waals surface area contributed by atoms with E-state index in [1.54, 1.807) is 13.8 Å². The van der Waals surface area contributed by atoms with Crippen molar-refractivity contribution in [3.8, 4) is 0 Å². The summed E-state index contributed by atoms with van der Waals surface area (Å²) in [5, 5.41) is 6.19. The summed E-state index contributed by atoms with van der Waals surface area (Å²) in [6.45, 7) is 16.9. The van der Waals surface area contributed by atoms with Crippen molar-refractivity contribution in [2.24, 2.45) is 64.7 Å². The first kappa shape index (κ1) is 54.0. The molecule has 336 valence electrons. The van der Waals surface area contributed by atoms with Crippen LogP contribution in [0.4, 0.5) is 0 Å². The van der Waals surface area contributed by atoms with Crippen LogP contribution in [0.1, 0.15) is 163 Å². The van der Waals surface area contributed by atoms with Crippen LogP contribution in [0.2, 0.25) is 0 Å². The van der Waals surface area contributed by atoms with Gasteiger partial charge in [0.1, 0.15) is 11.6 Å². The van der Waals surface area contributed by atoms with Crippen molar-refractivity contribution in [3.05, 3.63) is 35.9 Å². The molecule has 0 unspecified atom stereocenters. The van der Waals surface area contributed by atoms with Crippen molar-refractivity contribution >= 4 is 35.8 Å². The van der Waals surface area contributed by atoms with E-state index in [1.165, 1.54) is 38.5 Å². The third-order valence-electron chi connectivity index (χ3n) is 13.1. The van der Waals surface area contributed by atoms with Crippen LogP contribution >= 0.6 is 12.4 Å². The number of hydrogen-bond acceptors (Lipinski definition) is 8. The summed E-state index contributed by atoms with van der Waals surface area (Å²) < 4.78 is 17.0. The number of nitrogens with two attached hydrogens (primary N) is 2. The Morgan fingerprint density at radius 3 is 1.52 bits per heavy atom. The number of nitrogens with one attached hydrogen (secondary N) is 2. The minimum absolute atomic E-state index is 0. The van der Waals surface area contributed by atoms with Gasteiger partial charge in [-0.05, 0) is 112 Å². The molecule has 4 rings (SSSR count). The van der Waals surface area contributed by atoms with Crippen molar-refractivity contribution in [3.63, 3.8) is 0 Å². The Balaban J connectivity index is 0.000000534. The maximum absolute atomic E-state index is 13.1. The zero-order chi connectivity index (χ0) is 42.7. The monoisotopic (exact) mass is 1010 g/mol. The van der Waals surface area contributed by atoms with Crippen LogP contribution in [0, 0.1) is 53.3 Å². The first-order valence-electron chi connectivity index (χ1n) is 22.1. The normalized spacial score (nSPS) is 25.7. The molecule has 3 aliphatic rings. The van der Waals surface area contributed by atoms with Gasteiger partial charge in [0.15, 0.2) is 0 Å². The number of hydrogen-bond donors (Lipinski definition) is 4. The molecule has 1 aromatic rings. The summed E-state index contributed by atoms with van der Waals surface area (Å²) in [6.07, 6.45) is 15.4. The summed E-state index contributed by atoms with van der Waals surface area (Å²) in [6, 6.07) is 8.74. The molecule has 0 aromatic heterocycles. The third-order valence-corrected chi connectivity index (χ3v) is 13.1. The van der Waals surface area contributed by atoms with Crippen LogP contribution in [0.15, 0.2) is 30.3 Å². The SMILES string of the molecule is CC(C)[C@@H]1CC[C@@H](C)C[C@H]1C(=O)CC[C@@H](NC(=O)[C@@H](C)N)C1CCCCC1.CC(C)[C@@H]1CC[C@@H](C)C[C@H]1C(=O)CC[C@@H](NC(=O)[C@@H](C)N)c1ccccc1.Cl.[O]=[Pt]=[O]. The van der Waals surface area contributed by atoms with Gasteiger partial charge in [0.2, 0.25) is 11.8 Å². The zero-order valence-corrected chi connectivity index (χ0v) is 39.9. The van der Waals surface area contributed by atoms with Crippen LogP contribution in [0.5, 0.6) is 0 Å². The predicted octanol–water partition coefficient (Wildman–Crippen LogP) is 8.89. The van der Waals surface area contributed by atoms with Gasteiger partial charge >= 0.3 is 25.3 Å². The van der Waals surface area contributed by atoms with Gasteiger partial charge in [-0.1, -0.05) is 104 Å². The summed E-state index contributed by atoms with van der Waals surface area (Å²) in [4.78, 5) is 50.5. The van der Waals surface area contributed by atoms with Crippen LogP contribution in [-0.4, -0.2) is 41.5 Å². The molecule has 0 heterocycles. The van der Waals surface area contributed by atoms with Crippen LogP contribution in [0.25, 0.3) is 0 Å². The number of Topliss-reactive ketones (excluding diaryl/α,β-unsaturated/α-hetero) is 2. The average molecular weight is 1010 g/mol. The summed E-state index contributed by atoms with van der Waals surface area (Å²) in [7, 11) is 0. The third kappa shape index (κ3) is 18.7. The minimum atomic E-state index is -1.92. The van der Waals surface area contributed by atoms with Crippen molar-refractivity contribution in [1.82, 2.24) is 10.6 Å². The van der Waals surface area contributed by atoms with E-state index in [0.717, 1.165) is 44.1 Å². The molecule has 1 aromatic carbocycles. The Hall–Kier alpha value is -2.00. The van der Waals surface area contributed by atoms with E-state index < -0.39 is 30.6 Å². The van der Waals surface area contributed by atoms with E-state index in [0.29, 0.717) is 72.3 Å². The molecular weight excluding hydrogens is 935 g/mol. The molecule has 10 atom stereocenters. The molecule has 6 N–H and O–H groups in total. The molecule has 3 fully saturated rings. The molecule has 0 saturated heterocycles. The van der Waals surface area contributed by atoms with Gasteiger partial charge in [-0.25, -0.2) is 0 Å².